The third kappa shape index (κ3) is 4.51. The molecule has 4 aromatic rings. The van der Waals surface area contributed by atoms with Crippen LogP contribution in [0.5, 0.6) is 11.5 Å². The first-order valence-corrected chi connectivity index (χ1v) is 11.9. The Morgan fingerprint density at radius 1 is 1.03 bits per heavy atom. The molecule has 0 aliphatic carbocycles. The van der Waals surface area contributed by atoms with Gasteiger partial charge in [-0.2, -0.15) is 0 Å². The van der Waals surface area contributed by atoms with E-state index in [1.54, 1.807) is 6.07 Å². The highest BCUT2D eigenvalue weighted by Crippen LogP contribution is 2.37. The number of nitrogens with zero attached hydrogens (tertiary/aromatic N) is 1. The normalized spacial score (nSPS) is 12.9. The van der Waals surface area contributed by atoms with E-state index in [0.29, 0.717) is 18.9 Å². The van der Waals surface area contributed by atoms with Crippen molar-refractivity contribution in [2.24, 2.45) is 0 Å². The molecule has 0 radical (unpaired) electrons. The summed E-state index contributed by atoms with van der Waals surface area (Å²) >= 11 is 0. The molecule has 0 spiro atoms. The number of rotatable bonds is 7. The van der Waals surface area contributed by atoms with Gasteiger partial charge in [0.25, 0.3) is 0 Å². The lowest BCUT2D eigenvalue weighted by Crippen LogP contribution is -2.32. The zero-order valence-corrected chi connectivity index (χ0v) is 19.7. The van der Waals surface area contributed by atoms with Gasteiger partial charge in [-0.05, 0) is 61.2 Å². The van der Waals surface area contributed by atoms with Crippen LogP contribution < -0.4 is 20.0 Å². The number of hydrogen-bond acceptors (Lipinski definition) is 5. The van der Waals surface area contributed by atoms with Gasteiger partial charge in [-0.3, -0.25) is 0 Å². The average Bonchev–Trinajstić information content (AvgIpc) is 2.87. The molecule has 0 unspecified atom stereocenters. The van der Waals surface area contributed by atoms with Crippen LogP contribution in [0.2, 0.25) is 0 Å². The third-order valence-electron chi connectivity index (χ3n) is 6.35. The highest BCUT2D eigenvalue weighted by Gasteiger charge is 2.23. The third-order valence-corrected chi connectivity index (χ3v) is 6.35. The minimum atomic E-state index is -0.298. The van der Waals surface area contributed by atoms with Gasteiger partial charge in [0.1, 0.15) is 23.7 Å². The van der Waals surface area contributed by atoms with Crippen LogP contribution in [0.25, 0.3) is 11.0 Å². The van der Waals surface area contributed by atoms with Gasteiger partial charge >= 0.3 is 5.63 Å². The van der Waals surface area contributed by atoms with Crippen LogP contribution in [0.1, 0.15) is 42.0 Å². The summed E-state index contributed by atoms with van der Waals surface area (Å²) in [6.07, 6.45) is 2.98. The number of fused-ring (bicyclic) bond motifs is 2. The van der Waals surface area contributed by atoms with Crippen molar-refractivity contribution in [3.05, 3.63) is 99.4 Å². The fourth-order valence-electron chi connectivity index (χ4n) is 4.52. The molecule has 0 N–H and O–H groups in total. The van der Waals surface area contributed by atoms with Gasteiger partial charge in [0.05, 0.1) is 0 Å². The zero-order valence-electron chi connectivity index (χ0n) is 19.7. The fourth-order valence-corrected chi connectivity index (χ4v) is 4.52. The van der Waals surface area contributed by atoms with E-state index < -0.39 is 0 Å². The Bertz CT molecular complexity index is 1340. The Balaban J connectivity index is 1.37. The predicted molar refractivity (Wildman–Crippen MR) is 135 cm³/mol. The van der Waals surface area contributed by atoms with Gasteiger partial charge in [-0.25, -0.2) is 4.79 Å². The molecule has 0 fully saturated rings. The molecule has 174 valence electrons. The molecule has 5 heteroatoms. The van der Waals surface area contributed by atoms with Crippen LogP contribution in [0.3, 0.4) is 0 Å². The van der Waals surface area contributed by atoms with Crippen LogP contribution >= 0.6 is 0 Å². The summed E-state index contributed by atoms with van der Waals surface area (Å²) in [5.41, 5.74) is 5.61. The van der Waals surface area contributed by atoms with Crippen molar-refractivity contribution in [3.8, 4) is 11.5 Å². The number of aryl methyl sites for hydroxylation is 2. The Kier molecular flexibility index (Phi) is 6.26. The van der Waals surface area contributed by atoms with Crippen LogP contribution in [0.15, 0.2) is 75.9 Å². The van der Waals surface area contributed by atoms with Crippen molar-refractivity contribution in [2.75, 3.05) is 11.6 Å². The van der Waals surface area contributed by atoms with E-state index in [0.717, 1.165) is 70.6 Å². The molecule has 34 heavy (non-hydrogen) atoms. The van der Waals surface area contributed by atoms with E-state index in [-0.39, 0.29) is 5.63 Å². The standard InChI is InChI=1S/C29H29NO4/c1-3-4-10-22-16-27(31)34-29-20(2)28-23(15-26(22)29)17-30(19-33-28)24-11-13-25(14-12-24)32-18-21-8-6-5-7-9-21/h5-9,11-16H,3-4,10,17-19H2,1-2H3. The monoisotopic (exact) mass is 455 g/mol. The number of unbranched alkanes of at least 4 members (excludes halogenated alkanes) is 1. The first-order chi connectivity index (χ1) is 16.6. The van der Waals surface area contributed by atoms with Gasteiger partial charge in [-0.1, -0.05) is 43.7 Å². The van der Waals surface area contributed by atoms with Crippen LogP contribution in [-0.2, 0) is 19.6 Å². The minimum Gasteiger partial charge on any atom is -0.489 e. The smallest absolute Gasteiger partial charge is 0.336 e. The maximum Gasteiger partial charge on any atom is 0.336 e. The molecule has 5 nitrogen and oxygen atoms in total. The van der Waals surface area contributed by atoms with E-state index in [1.807, 2.05) is 37.3 Å². The van der Waals surface area contributed by atoms with E-state index in [1.165, 1.54) is 0 Å². The molecule has 0 saturated heterocycles. The van der Waals surface area contributed by atoms with Gasteiger partial charge in [-0.15, -0.1) is 0 Å². The van der Waals surface area contributed by atoms with Crippen molar-refractivity contribution in [1.82, 2.24) is 0 Å². The molecule has 1 aromatic heterocycles. The summed E-state index contributed by atoms with van der Waals surface area (Å²) in [7, 11) is 0. The van der Waals surface area contributed by atoms with Crippen molar-refractivity contribution in [3.63, 3.8) is 0 Å². The highest BCUT2D eigenvalue weighted by molar-refractivity contribution is 5.86. The largest absolute Gasteiger partial charge is 0.489 e. The lowest BCUT2D eigenvalue weighted by Gasteiger charge is -2.32. The van der Waals surface area contributed by atoms with Crippen molar-refractivity contribution >= 4 is 16.7 Å². The summed E-state index contributed by atoms with van der Waals surface area (Å²) in [6, 6.07) is 22.0. The maximum atomic E-state index is 12.2. The molecule has 0 bridgehead atoms. The minimum absolute atomic E-state index is 0.298. The van der Waals surface area contributed by atoms with E-state index in [2.05, 4.69) is 42.2 Å². The first kappa shape index (κ1) is 22.1. The van der Waals surface area contributed by atoms with Crippen molar-refractivity contribution in [2.45, 2.75) is 46.3 Å². The van der Waals surface area contributed by atoms with Gasteiger partial charge in [0.2, 0.25) is 0 Å². The molecular weight excluding hydrogens is 426 g/mol. The number of ether oxygens (including phenoxy) is 2. The lowest BCUT2D eigenvalue weighted by molar-refractivity contribution is 0.287. The molecule has 0 amide bonds. The van der Waals surface area contributed by atoms with Crippen LogP contribution in [0.4, 0.5) is 5.69 Å². The van der Waals surface area contributed by atoms with Gasteiger partial charge in [0.15, 0.2) is 6.73 Å². The second-order valence-corrected chi connectivity index (χ2v) is 8.80. The Hall–Kier alpha value is -3.73. The maximum absolute atomic E-state index is 12.2. The molecule has 0 saturated carbocycles. The molecule has 2 heterocycles. The average molecular weight is 456 g/mol. The molecule has 3 aromatic carbocycles. The van der Waals surface area contributed by atoms with Crippen molar-refractivity contribution < 1.29 is 13.9 Å². The zero-order chi connectivity index (χ0) is 23.5. The lowest BCUT2D eigenvalue weighted by atomic mass is 9.98. The summed E-state index contributed by atoms with van der Waals surface area (Å²) in [5.74, 6) is 1.66. The van der Waals surface area contributed by atoms with Crippen molar-refractivity contribution in [1.29, 1.82) is 0 Å². The highest BCUT2D eigenvalue weighted by atomic mass is 16.5. The first-order valence-electron chi connectivity index (χ1n) is 11.9. The number of hydrogen-bond donors (Lipinski definition) is 0. The van der Waals surface area contributed by atoms with E-state index in [9.17, 15) is 4.79 Å². The Morgan fingerprint density at radius 2 is 1.82 bits per heavy atom. The molecule has 1 aliphatic rings. The molecule has 1 aliphatic heterocycles. The molecule has 5 rings (SSSR count). The number of anilines is 1. The summed E-state index contributed by atoms with van der Waals surface area (Å²) in [4.78, 5) is 14.3. The molecular formula is C29H29NO4. The molecule has 0 atom stereocenters. The fraction of sp³-hybridized carbons (Fsp3) is 0.276. The van der Waals surface area contributed by atoms with Crippen LogP contribution in [0, 0.1) is 6.92 Å². The quantitative estimate of drug-likeness (QED) is 0.303. The Labute approximate surface area is 199 Å². The topological polar surface area (TPSA) is 51.9 Å². The van der Waals surface area contributed by atoms with Crippen LogP contribution in [-0.4, -0.2) is 6.73 Å². The predicted octanol–water partition coefficient (Wildman–Crippen LogP) is 6.38. The summed E-state index contributed by atoms with van der Waals surface area (Å²) < 4.78 is 17.7. The van der Waals surface area contributed by atoms with Gasteiger partial charge in [0, 0.05) is 34.8 Å². The SMILES string of the molecule is CCCCc1cc(=O)oc2c(C)c3c(cc12)CN(c1ccc(OCc2ccccc2)cc1)CO3. The Morgan fingerprint density at radius 3 is 2.59 bits per heavy atom. The van der Waals surface area contributed by atoms with E-state index >= 15 is 0 Å². The summed E-state index contributed by atoms with van der Waals surface area (Å²) in [5, 5.41) is 1.01. The summed E-state index contributed by atoms with van der Waals surface area (Å²) in [6.45, 7) is 5.84. The second-order valence-electron chi connectivity index (χ2n) is 8.80. The van der Waals surface area contributed by atoms with Gasteiger partial charge < -0.3 is 18.8 Å². The second kappa shape index (κ2) is 9.64. The van der Waals surface area contributed by atoms with E-state index in [4.69, 9.17) is 13.9 Å². The number of benzene rings is 3.